The summed E-state index contributed by atoms with van der Waals surface area (Å²) in [5.41, 5.74) is 0.919. The molecule has 1 aromatic carbocycles. The van der Waals surface area contributed by atoms with Crippen molar-refractivity contribution in [2.75, 3.05) is 11.9 Å². The van der Waals surface area contributed by atoms with Crippen molar-refractivity contribution in [2.24, 2.45) is 0 Å². The van der Waals surface area contributed by atoms with Crippen molar-refractivity contribution in [1.82, 2.24) is 9.78 Å². The van der Waals surface area contributed by atoms with E-state index in [9.17, 15) is 4.79 Å². The molecule has 1 atom stereocenters. The third-order valence-electron chi connectivity index (χ3n) is 3.84. The number of nitrogens with one attached hydrogen (secondary N) is 1. The van der Waals surface area contributed by atoms with E-state index in [1.165, 1.54) is 4.68 Å². The van der Waals surface area contributed by atoms with Gasteiger partial charge in [-0.15, -0.1) is 0 Å². The number of anilines is 1. The first kappa shape index (κ1) is 15.9. The molecule has 5 nitrogen and oxygen atoms in total. The first-order valence-electron chi connectivity index (χ1n) is 7.64. The molecule has 2 aromatic rings. The molecule has 0 saturated carbocycles. The van der Waals surface area contributed by atoms with Crippen molar-refractivity contribution in [3.8, 4) is 5.75 Å². The zero-order valence-electron chi connectivity index (χ0n) is 13.5. The summed E-state index contributed by atoms with van der Waals surface area (Å²) in [5, 5.41) is 7.76. The Morgan fingerprint density at radius 1 is 1.35 bits per heavy atom. The molecule has 0 amide bonds. The quantitative estimate of drug-likeness (QED) is 0.912. The number of fused-ring (bicyclic) bond motifs is 1. The van der Waals surface area contributed by atoms with Gasteiger partial charge in [0.1, 0.15) is 10.8 Å². The highest BCUT2D eigenvalue weighted by atomic mass is 35.5. The van der Waals surface area contributed by atoms with Crippen molar-refractivity contribution in [3.63, 3.8) is 0 Å². The average Bonchev–Trinajstić information content (AvgIpc) is 2.51. The van der Waals surface area contributed by atoms with Gasteiger partial charge in [-0.05, 0) is 26.8 Å². The molecule has 0 unspecified atom stereocenters. The van der Waals surface area contributed by atoms with Crippen molar-refractivity contribution in [2.45, 2.75) is 38.8 Å². The Morgan fingerprint density at radius 3 is 2.83 bits per heavy atom. The zero-order valence-corrected chi connectivity index (χ0v) is 14.2. The third-order valence-corrected chi connectivity index (χ3v) is 4.21. The van der Waals surface area contributed by atoms with Crippen LogP contribution in [-0.4, -0.2) is 16.4 Å². The van der Waals surface area contributed by atoms with E-state index in [1.807, 2.05) is 45.0 Å². The molecular formula is C17H20ClN3O2. The van der Waals surface area contributed by atoms with E-state index in [0.29, 0.717) is 12.3 Å². The van der Waals surface area contributed by atoms with Crippen LogP contribution in [0.2, 0.25) is 5.02 Å². The fourth-order valence-corrected chi connectivity index (χ4v) is 2.87. The van der Waals surface area contributed by atoms with Crippen molar-refractivity contribution in [1.29, 1.82) is 0 Å². The second-order valence-corrected chi connectivity index (χ2v) is 7.01. The molecule has 122 valence electrons. The fraction of sp³-hybridized carbons (Fsp3) is 0.412. The molecule has 3 rings (SSSR count). The van der Waals surface area contributed by atoms with Crippen LogP contribution < -0.4 is 15.6 Å². The van der Waals surface area contributed by atoms with E-state index >= 15 is 0 Å². The minimum absolute atomic E-state index is 0.0455. The molecule has 0 bridgehead atoms. The lowest BCUT2D eigenvalue weighted by atomic mass is 10.0. The number of aromatic nitrogens is 2. The molecule has 1 aliphatic rings. The minimum atomic E-state index is -0.412. The van der Waals surface area contributed by atoms with E-state index < -0.39 is 5.54 Å². The Kier molecular flexibility index (Phi) is 4.06. The van der Waals surface area contributed by atoms with Crippen LogP contribution in [-0.2, 0) is 5.54 Å². The number of hydrogen-bond donors (Lipinski definition) is 1. The normalized spacial score (nSPS) is 17.3. The fourth-order valence-electron chi connectivity index (χ4n) is 2.69. The van der Waals surface area contributed by atoms with Crippen LogP contribution in [0.3, 0.4) is 0 Å². The van der Waals surface area contributed by atoms with Crippen LogP contribution in [0.15, 0.2) is 35.3 Å². The summed E-state index contributed by atoms with van der Waals surface area (Å²) in [6.07, 6.45) is 2.42. The van der Waals surface area contributed by atoms with Crippen LogP contribution >= 0.6 is 11.6 Å². The standard InChI is InChI=1S/C17H20ClN3O2/c1-17(2,3)21-16(22)15(18)13(10-19-21)20-12-8-9-23-14-7-5-4-6-11(12)14/h4-7,10,12,20H,8-9H2,1-3H3/t12-/m1/s1. The maximum Gasteiger partial charge on any atom is 0.288 e. The first-order valence-corrected chi connectivity index (χ1v) is 8.02. The predicted molar refractivity (Wildman–Crippen MR) is 91.4 cm³/mol. The molecule has 2 heterocycles. The van der Waals surface area contributed by atoms with Gasteiger partial charge in [0.25, 0.3) is 5.56 Å². The van der Waals surface area contributed by atoms with Gasteiger partial charge in [-0.25, -0.2) is 4.68 Å². The van der Waals surface area contributed by atoms with Crippen LogP contribution in [0.1, 0.15) is 38.8 Å². The zero-order chi connectivity index (χ0) is 16.6. The molecular weight excluding hydrogens is 314 g/mol. The van der Waals surface area contributed by atoms with Gasteiger partial charge in [0, 0.05) is 12.0 Å². The summed E-state index contributed by atoms with van der Waals surface area (Å²) in [5.74, 6) is 0.864. The number of halogens is 1. The summed E-state index contributed by atoms with van der Waals surface area (Å²) in [4.78, 5) is 12.4. The highest BCUT2D eigenvalue weighted by Gasteiger charge is 2.24. The Bertz CT molecular complexity index is 780. The molecule has 0 radical (unpaired) electrons. The molecule has 0 spiro atoms. The molecule has 1 aromatic heterocycles. The largest absolute Gasteiger partial charge is 0.493 e. The van der Waals surface area contributed by atoms with E-state index in [0.717, 1.165) is 17.7 Å². The Labute approximate surface area is 140 Å². The number of benzene rings is 1. The minimum Gasteiger partial charge on any atom is -0.493 e. The molecule has 1 aliphatic heterocycles. The predicted octanol–water partition coefficient (Wildman–Crippen LogP) is 3.59. The Morgan fingerprint density at radius 2 is 2.09 bits per heavy atom. The lowest BCUT2D eigenvalue weighted by molar-refractivity contribution is 0.274. The first-order chi connectivity index (χ1) is 10.9. The maximum atomic E-state index is 12.4. The number of ether oxygens (including phenoxy) is 1. The Balaban J connectivity index is 1.94. The molecule has 6 heteroatoms. The van der Waals surface area contributed by atoms with Crippen molar-refractivity contribution in [3.05, 3.63) is 51.4 Å². The third kappa shape index (κ3) is 3.06. The van der Waals surface area contributed by atoms with Gasteiger partial charge in [0.05, 0.1) is 30.1 Å². The number of rotatable bonds is 2. The van der Waals surface area contributed by atoms with Crippen LogP contribution in [0.5, 0.6) is 5.75 Å². The number of hydrogen-bond acceptors (Lipinski definition) is 4. The SMILES string of the molecule is CC(C)(C)n1ncc(N[C@@H]2CCOc3ccccc32)c(Cl)c1=O. The second-order valence-electron chi connectivity index (χ2n) is 6.63. The summed E-state index contributed by atoms with van der Waals surface area (Å²) < 4.78 is 7.06. The molecule has 0 aliphatic carbocycles. The van der Waals surface area contributed by atoms with E-state index in [-0.39, 0.29) is 16.6 Å². The number of para-hydroxylation sites is 1. The van der Waals surface area contributed by atoms with Crippen LogP contribution in [0.4, 0.5) is 5.69 Å². The lowest BCUT2D eigenvalue weighted by Crippen LogP contribution is -2.36. The van der Waals surface area contributed by atoms with Gasteiger partial charge >= 0.3 is 0 Å². The van der Waals surface area contributed by atoms with E-state index in [2.05, 4.69) is 10.4 Å². The van der Waals surface area contributed by atoms with Gasteiger partial charge in [-0.1, -0.05) is 29.8 Å². The lowest BCUT2D eigenvalue weighted by Gasteiger charge is -2.28. The van der Waals surface area contributed by atoms with E-state index in [1.54, 1.807) is 6.20 Å². The van der Waals surface area contributed by atoms with Gasteiger partial charge < -0.3 is 10.1 Å². The van der Waals surface area contributed by atoms with Gasteiger partial charge in [-0.3, -0.25) is 4.79 Å². The molecule has 0 saturated heterocycles. The summed E-state index contributed by atoms with van der Waals surface area (Å²) in [6.45, 7) is 6.37. The van der Waals surface area contributed by atoms with Crippen LogP contribution in [0.25, 0.3) is 0 Å². The average molecular weight is 334 g/mol. The smallest absolute Gasteiger partial charge is 0.288 e. The molecule has 0 fully saturated rings. The second kappa shape index (κ2) is 5.89. The Hall–Kier alpha value is -2.01. The highest BCUT2D eigenvalue weighted by molar-refractivity contribution is 6.32. The maximum absolute atomic E-state index is 12.4. The van der Waals surface area contributed by atoms with Crippen molar-refractivity contribution < 1.29 is 4.74 Å². The highest BCUT2D eigenvalue weighted by Crippen LogP contribution is 2.34. The molecule has 23 heavy (non-hydrogen) atoms. The summed E-state index contributed by atoms with van der Waals surface area (Å²) >= 11 is 6.28. The van der Waals surface area contributed by atoms with Gasteiger partial charge in [0.2, 0.25) is 0 Å². The summed E-state index contributed by atoms with van der Waals surface area (Å²) in [7, 11) is 0. The molecule has 1 N–H and O–H groups in total. The summed E-state index contributed by atoms with van der Waals surface area (Å²) in [6, 6.07) is 7.92. The van der Waals surface area contributed by atoms with E-state index in [4.69, 9.17) is 16.3 Å². The monoisotopic (exact) mass is 333 g/mol. The van der Waals surface area contributed by atoms with Crippen molar-refractivity contribution >= 4 is 17.3 Å². The number of nitrogens with zero attached hydrogens (tertiary/aromatic N) is 2. The van der Waals surface area contributed by atoms with Crippen LogP contribution in [0, 0.1) is 0 Å². The topological polar surface area (TPSA) is 56.1 Å². The van der Waals surface area contributed by atoms with Gasteiger partial charge in [-0.2, -0.15) is 5.10 Å². The van der Waals surface area contributed by atoms with Gasteiger partial charge in [0.15, 0.2) is 0 Å².